The Bertz CT molecular complexity index is 856. The molecule has 0 radical (unpaired) electrons. The third kappa shape index (κ3) is 3.79. The summed E-state index contributed by atoms with van der Waals surface area (Å²) in [7, 11) is 0. The van der Waals surface area contributed by atoms with Gasteiger partial charge in [0.25, 0.3) is 0 Å². The van der Waals surface area contributed by atoms with Crippen molar-refractivity contribution in [1.29, 1.82) is 0 Å². The highest BCUT2D eigenvalue weighted by Crippen LogP contribution is 2.34. The Hall–Kier alpha value is -3.07. The first-order valence-electron chi connectivity index (χ1n) is 9.86. The van der Waals surface area contributed by atoms with Gasteiger partial charge in [-0.05, 0) is 30.0 Å². The number of rotatable bonds is 6. The molecule has 0 saturated carbocycles. The van der Waals surface area contributed by atoms with Crippen LogP contribution >= 0.6 is 0 Å². The van der Waals surface area contributed by atoms with Crippen molar-refractivity contribution in [2.75, 3.05) is 6.54 Å². The molecule has 1 aliphatic heterocycles. The fourth-order valence-electron chi connectivity index (χ4n) is 4.05. The van der Waals surface area contributed by atoms with E-state index in [-0.39, 0.29) is 24.2 Å². The van der Waals surface area contributed by atoms with Crippen molar-refractivity contribution in [3.05, 3.63) is 108 Å². The standard InChI is InChI=1S/C25H25NO2/c1-19-24(22-15-9-4-10-16-22)28-25(27)26(19)18-17-23(20-11-5-2-6-12-20)21-13-7-3-8-14-21/h2-16,19,23-24H,17-18H2,1H3. The minimum atomic E-state index is -0.221. The molecule has 4 rings (SSSR count). The van der Waals surface area contributed by atoms with Crippen LogP contribution in [-0.2, 0) is 4.74 Å². The van der Waals surface area contributed by atoms with E-state index in [4.69, 9.17) is 4.74 Å². The minimum Gasteiger partial charge on any atom is -0.439 e. The number of amides is 1. The predicted octanol–water partition coefficient (Wildman–Crippen LogP) is 5.79. The lowest BCUT2D eigenvalue weighted by Gasteiger charge is -2.24. The van der Waals surface area contributed by atoms with Crippen LogP contribution in [0.3, 0.4) is 0 Å². The van der Waals surface area contributed by atoms with E-state index in [1.165, 1.54) is 11.1 Å². The third-order valence-corrected chi connectivity index (χ3v) is 5.58. The number of hydrogen-bond acceptors (Lipinski definition) is 2. The fraction of sp³-hybridized carbons (Fsp3) is 0.240. The van der Waals surface area contributed by atoms with Gasteiger partial charge in [0.2, 0.25) is 0 Å². The van der Waals surface area contributed by atoms with Gasteiger partial charge in [-0.15, -0.1) is 0 Å². The molecule has 1 fully saturated rings. The lowest BCUT2D eigenvalue weighted by Crippen LogP contribution is -2.33. The van der Waals surface area contributed by atoms with Crippen LogP contribution < -0.4 is 0 Å². The number of carbonyl (C=O) groups excluding carboxylic acids is 1. The number of carbonyl (C=O) groups is 1. The van der Waals surface area contributed by atoms with E-state index in [1.807, 2.05) is 47.4 Å². The van der Waals surface area contributed by atoms with Gasteiger partial charge in [0.1, 0.15) is 6.10 Å². The zero-order valence-electron chi connectivity index (χ0n) is 16.1. The molecule has 2 unspecified atom stereocenters. The lowest BCUT2D eigenvalue weighted by atomic mass is 9.88. The first-order valence-corrected chi connectivity index (χ1v) is 9.86. The minimum absolute atomic E-state index is 0.0158. The van der Waals surface area contributed by atoms with Crippen LogP contribution in [0.2, 0.25) is 0 Å². The maximum Gasteiger partial charge on any atom is 0.410 e. The molecule has 2 atom stereocenters. The summed E-state index contributed by atoms with van der Waals surface area (Å²) in [5.41, 5.74) is 3.59. The first-order chi connectivity index (χ1) is 13.7. The second-order valence-electron chi connectivity index (χ2n) is 7.31. The molecule has 0 N–H and O–H groups in total. The van der Waals surface area contributed by atoms with Gasteiger partial charge in [0, 0.05) is 12.5 Å². The van der Waals surface area contributed by atoms with E-state index in [0.29, 0.717) is 6.54 Å². The quantitative estimate of drug-likeness (QED) is 0.549. The van der Waals surface area contributed by atoms with Crippen molar-refractivity contribution < 1.29 is 9.53 Å². The average Bonchev–Trinajstić information content (AvgIpc) is 3.04. The molecule has 1 amide bonds. The van der Waals surface area contributed by atoms with Crippen LogP contribution in [-0.4, -0.2) is 23.6 Å². The zero-order valence-corrected chi connectivity index (χ0v) is 16.1. The highest BCUT2D eigenvalue weighted by Gasteiger charge is 2.39. The van der Waals surface area contributed by atoms with Gasteiger partial charge in [0.05, 0.1) is 6.04 Å². The number of nitrogens with zero attached hydrogens (tertiary/aromatic N) is 1. The molecule has 28 heavy (non-hydrogen) atoms. The van der Waals surface area contributed by atoms with Gasteiger partial charge in [-0.1, -0.05) is 91.0 Å². The highest BCUT2D eigenvalue weighted by atomic mass is 16.6. The molecule has 3 aromatic rings. The van der Waals surface area contributed by atoms with Gasteiger partial charge in [-0.25, -0.2) is 4.79 Å². The van der Waals surface area contributed by atoms with Crippen LogP contribution in [0.25, 0.3) is 0 Å². The summed E-state index contributed by atoms with van der Waals surface area (Å²) < 4.78 is 5.70. The zero-order chi connectivity index (χ0) is 19.3. The summed E-state index contributed by atoms with van der Waals surface area (Å²) in [5.74, 6) is 0.248. The van der Waals surface area contributed by atoms with E-state index >= 15 is 0 Å². The topological polar surface area (TPSA) is 29.5 Å². The molecule has 1 aliphatic rings. The molecular formula is C25H25NO2. The summed E-state index contributed by atoms with van der Waals surface area (Å²) in [6.45, 7) is 2.74. The Kier molecular flexibility index (Phi) is 5.43. The molecule has 0 spiro atoms. The smallest absolute Gasteiger partial charge is 0.410 e. The SMILES string of the molecule is CC1C(c2ccccc2)OC(=O)N1CCC(c1ccccc1)c1ccccc1. The summed E-state index contributed by atoms with van der Waals surface area (Å²) in [6, 6.07) is 31.0. The second-order valence-corrected chi connectivity index (χ2v) is 7.31. The van der Waals surface area contributed by atoms with Gasteiger partial charge in [0.15, 0.2) is 0 Å². The van der Waals surface area contributed by atoms with Gasteiger partial charge in [-0.2, -0.15) is 0 Å². The van der Waals surface area contributed by atoms with Crippen molar-refractivity contribution in [3.63, 3.8) is 0 Å². The summed E-state index contributed by atoms with van der Waals surface area (Å²) >= 11 is 0. The molecule has 142 valence electrons. The van der Waals surface area contributed by atoms with Crippen molar-refractivity contribution in [3.8, 4) is 0 Å². The summed E-state index contributed by atoms with van der Waals surface area (Å²) in [6.07, 6.45) is 0.427. The number of ether oxygens (including phenoxy) is 1. The average molecular weight is 371 g/mol. The Labute approximate surface area is 166 Å². The Balaban J connectivity index is 1.52. The molecule has 1 heterocycles. The second kappa shape index (κ2) is 8.30. The van der Waals surface area contributed by atoms with Crippen LogP contribution in [0.15, 0.2) is 91.0 Å². The van der Waals surface area contributed by atoms with Crippen LogP contribution in [0.4, 0.5) is 4.79 Å². The molecular weight excluding hydrogens is 346 g/mol. The molecule has 3 nitrogen and oxygen atoms in total. The van der Waals surface area contributed by atoms with E-state index < -0.39 is 0 Å². The fourth-order valence-corrected chi connectivity index (χ4v) is 4.05. The van der Waals surface area contributed by atoms with Gasteiger partial charge >= 0.3 is 6.09 Å². The van der Waals surface area contributed by atoms with Crippen LogP contribution in [0.1, 0.15) is 42.1 Å². The van der Waals surface area contributed by atoms with Gasteiger partial charge in [-0.3, -0.25) is 0 Å². The lowest BCUT2D eigenvalue weighted by molar-refractivity contribution is 0.130. The number of benzene rings is 3. The molecule has 3 aromatic carbocycles. The molecule has 3 heteroatoms. The van der Waals surface area contributed by atoms with E-state index in [0.717, 1.165) is 12.0 Å². The Morgan fingerprint density at radius 2 is 1.32 bits per heavy atom. The monoisotopic (exact) mass is 371 g/mol. The van der Waals surface area contributed by atoms with Crippen molar-refractivity contribution in [1.82, 2.24) is 4.90 Å². The number of cyclic esters (lactones) is 1. The van der Waals surface area contributed by atoms with E-state index in [1.54, 1.807) is 0 Å². The highest BCUT2D eigenvalue weighted by molar-refractivity contribution is 5.71. The van der Waals surface area contributed by atoms with Crippen molar-refractivity contribution in [2.24, 2.45) is 0 Å². The Morgan fingerprint density at radius 3 is 1.86 bits per heavy atom. The number of hydrogen-bond donors (Lipinski definition) is 0. The van der Waals surface area contributed by atoms with Crippen molar-refractivity contribution in [2.45, 2.75) is 31.4 Å². The van der Waals surface area contributed by atoms with Crippen LogP contribution in [0, 0.1) is 0 Å². The van der Waals surface area contributed by atoms with Gasteiger partial charge < -0.3 is 9.64 Å². The van der Waals surface area contributed by atoms with E-state index in [9.17, 15) is 4.79 Å². The van der Waals surface area contributed by atoms with Crippen molar-refractivity contribution >= 4 is 6.09 Å². The maximum atomic E-state index is 12.6. The van der Waals surface area contributed by atoms with Crippen LogP contribution in [0.5, 0.6) is 0 Å². The molecule has 0 aliphatic carbocycles. The maximum absolute atomic E-state index is 12.6. The normalized spacial score (nSPS) is 19.1. The summed E-state index contributed by atoms with van der Waals surface area (Å²) in [4.78, 5) is 14.4. The third-order valence-electron chi connectivity index (χ3n) is 5.58. The Morgan fingerprint density at radius 1 is 0.821 bits per heavy atom. The molecule has 1 saturated heterocycles. The molecule has 0 aromatic heterocycles. The summed E-state index contributed by atoms with van der Waals surface area (Å²) in [5, 5.41) is 0. The predicted molar refractivity (Wildman–Crippen MR) is 111 cm³/mol. The first kappa shape index (κ1) is 18.3. The largest absolute Gasteiger partial charge is 0.439 e. The van der Waals surface area contributed by atoms with E-state index in [2.05, 4.69) is 55.5 Å². The molecule has 0 bridgehead atoms.